The molecule has 5 heteroatoms. The Hall–Kier alpha value is -0.940. The maximum Gasteiger partial charge on any atom is 0.235 e. The van der Waals surface area contributed by atoms with Crippen molar-refractivity contribution in [2.75, 3.05) is 19.8 Å². The normalized spacial score (nSPS) is 29.6. The van der Waals surface area contributed by atoms with E-state index in [1.165, 1.54) is 4.90 Å². The van der Waals surface area contributed by atoms with Crippen LogP contribution in [-0.2, 0) is 19.1 Å². The molecule has 5 nitrogen and oxygen atoms in total. The van der Waals surface area contributed by atoms with Crippen molar-refractivity contribution < 1.29 is 19.1 Å². The Morgan fingerprint density at radius 2 is 2.00 bits per heavy atom. The van der Waals surface area contributed by atoms with Gasteiger partial charge in [0, 0.05) is 13.0 Å². The van der Waals surface area contributed by atoms with Crippen LogP contribution in [0.1, 0.15) is 51.4 Å². The molecule has 20 heavy (non-hydrogen) atoms. The quantitative estimate of drug-likeness (QED) is 0.738. The third-order valence-corrected chi connectivity index (χ3v) is 4.81. The molecule has 2 amide bonds. The summed E-state index contributed by atoms with van der Waals surface area (Å²) in [6.45, 7) is 1.51. The second kappa shape index (κ2) is 5.82. The van der Waals surface area contributed by atoms with Gasteiger partial charge in [0.25, 0.3) is 0 Å². The Morgan fingerprint density at radius 3 is 2.70 bits per heavy atom. The van der Waals surface area contributed by atoms with Crippen molar-refractivity contribution >= 4 is 11.8 Å². The lowest BCUT2D eigenvalue weighted by Gasteiger charge is -2.24. The summed E-state index contributed by atoms with van der Waals surface area (Å²) in [5.41, 5.74) is -0.363. The predicted molar refractivity (Wildman–Crippen MR) is 71.8 cm³/mol. The molecule has 2 saturated heterocycles. The van der Waals surface area contributed by atoms with E-state index in [0.29, 0.717) is 19.6 Å². The summed E-state index contributed by atoms with van der Waals surface area (Å²) in [7, 11) is 0. The Morgan fingerprint density at radius 1 is 1.20 bits per heavy atom. The van der Waals surface area contributed by atoms with Crippen molar-refractivity contribution in [1.29, 1.82) is 0 Å². The van der Waals surface area contributed by atoms with Crippen molar-refractivity contribution in [2.45, 2.75) is 57.7 Å². The van der Waals surface area contributed by atoms with Gasteiger partial charge in [-0.15, -0.1) is 0 Å². The molecule has 2 heterocycles. The van der Waals surface area contributed by atoms with E-state index in [4.69, 9.17) is 9.47 Å². The van der Waals surface area contributed by atoms with E-state index in [0.717, 1.165) is 51.6 Å². The average molecular weight is 281 g/mol. The molecule has 0 radical (unpaired) electrons. The molecule has 3 fully saturated rings. The van der Waals surface area contributed by atoms with Crippen molar-refractivity contribution in [3.05, 3.63) is 0 Å². The van der Waals surface area contributed by atoms with Gasteiger partial charge in [-0.25, -0.2) is 0 Å². The summed E-state index contributed by atoms with van der Waals surface area (Å²) in [6, 6.07) is 0. The van der Waals surface area contributed by atoms with Gasteiger partial charge in [-0.3, -0.25) is 14.5 Å². The summed E-state index contributed by atoms with van der Waals surface area (Å²) in [5, 5.41) is 0. The van der Waals surface area contributed by atoms with E-state index in [1.54, 1.807) is 0 Å². The van der Waals surface area contributed by atoms with E-state index >= 15 is 0 Å². The minimum Gasteiger partial charge on any atom is -0.353 e. The first-order chi connectivity index (χ1) is 9.71. The van der Waals surface area contributed by atoms with Gasteiger partial charge in [-0.1, -0.05) is 12.8 Å². The van der Waals surface area contributed by atoms with Crippen LogP contribution in [0.3, 0.4) is 0 Å². The molecule has 3 aliphatic rings. The SMILES string of the molecule is O=C1CC2(CCCC2)C(=O)N1CCOC1CCCCO1. The lowest BCUT2D eigenvalue weighted by atomic mass is 9.84. The van der Waals surface area contributed by atoms with E-state index < -0.39 is 0 Å². The van der Waals surface area contributed by atoms with Crippen LogP contribution in [0.15, 0.2) is 0 Å². The minimum absolute atomic E-state index is 0.0231. The summed E-state index contributed by atoms with van der Waals surface area (Å²) in [6.07, 6.45) is 7.26. The molecular weight excluding hydrogens is 258 g/mol. The van der Waals surface area contributed by atoms with Gasteiger partial charge in [0.15, 0.2) is 6.29 Å². The molecular formula is C15H23NO4. The molecule has 0 aromatic heterocycles. The molecule has 1 saturated carbocycles. The maximum atomic E-state index is 12.4. The van der Waals surface area contributed by atoms with Crippen LogP contribution >= 0.6 is 0 Å². The first kappa shape index (κ1) is 14.0. The van der Waals surface area contributed by atoms with Crippen LogP contribution in [0.2, 0.25) is 0 Å². The fourth-order valence-electron chi connectivity index (χ4n) is 3.65. The molecule has 112 valence electrons. The number of imide groups is 1. The van der Waals surface area contributed by atoms with Gasteiger partial charge in [0.1, 0.15) is 0 Å². The van der Waals surface area contributed by atoms with Crippen LogP contribution in [0.4, 0.5) is 0 Å². The number of hydrogen-bond donors (Lipinski definition) is 0. The Bertz CT molecular complexity index is 383. The van der Waals surface area contributed by atoms with E-state index in [2.05, 4.69) is 0 Å². The Kier molecular flexibility index (Phi) is 4.08. The second-order valence-electron chi connectivity index (χ2n) is 6.18. The molecule has 1 aliphatic carbocycles. The summed E-state index contributed by atoms with van der Waals surface area (Å²) in [5.74, 6) is 0.0122. The fraction of sp³-hybridized carbons (Fsp3) is 0.867. The molecule has 2 aliphatic heterocycles. The summed E-state index contributed by atoms with van der Waals surface area (Å²) < 4.78 is 11.1. The van der Waals surface area contributed by atoms with Gasteiger partial charge in [0.05, 0.1) is 18.6 Å². The number of likely N-dealkylation sites (tertiary alicyclic amines) is 1. The van der Waals surface area contributed by atoms with Crippen LogP contribution < -0.4 is 0 Å². The minimum atomic E-state index is -0.363. The first-order valence-electron chi connectivity index (χ1n) is 7.79. The lowest BCUT2D eigenvalue weighted by Crippen LogP contribution is -2.37. The van der Waals surface area contributed by atoms with Crippen LogP contribution in [0, 0.1) is 5.41 Å². The smallest absolute Gasteiger partial charge is 0.235 e. The van der Waals surface area contributed by atoms with Gasteiger partial charge in [-0.05, 0) is 32.1 Å². The monoisotopic (exact) mass is 281 g/mol. The molecule has 1 spiro atoms. The zero-order valence-corrected chi connectivity index (χ0v) is 11.9. The Balaban J connectivity index is 1.49. The Labute approximate surface area is 119 Å². The van der Waals surface area contributed by atoms with Gasteiger partial charge < -0.3 is 9.47 Å². The molecule has 1 atom stereocenters. The van der Waals surface area contributed by atoms with Crippen LogP contribution in [0.5, 0.6) is 0 Å². The summed E-state index contributed by atoms with van der Waals surface area (Å²) in [4.78, 5) is 25.9. The third-order valence-electron chi connectivity index (χ3n) is 4.81. The number of rotatable bonds is 4. The van der Waals surface area contributed by atoms with Crippen molar-refractivity contribution in [2.24, 2.45) is 5.41 Å². The number of amides is 2. The highest BCUT2D eigenvalue weighted by Gasteiger charge is 2.52. The van der Waals surface area contributed by atoms with Crippen molar-refractivity contribution in [3.63, 3.8) is 0 Å². The number of hydrogen-bond acceptors (Lipinski definition) is 4. The number of carbonyl (C=O) groups excluding carboxylic acids is 2. The third kappa shape index (κ3) is 2.61. The zero-order chi connectivity index (χ0) is 14.0. The van der Waals surface area contributed by atoms with E-state index in [9.17, 15) is 9.59 Å². The topological polar surface area (TPSA) is 55.8 Å². The van der Waals surface area contributed by atoms with Crippen molar-refractivity contribution in [1.82, 2.24) is 4.90 Å². The molecule has 3 rings (SSSR count). The molecule has 0 N–H and O–H groups in total. The van der Waals surface area contributed by atoms with Crippen molar-refractivity contribution in [3.8, 4) is 0 Å². The lowest BCUT2D eigenvalue weighted by molar-refractivity contribution is -0.167. The molecule has 0 aromatic carbocycles. The predicted octanol–water partition coefficient (Wildman–Crippen LogP) is 1.85. The largest absolute Gasteiger partial charge is 0.353 e. The van der Waals surface area contributed by atoms with Crippen LogP contribution in [-0.4, -0.2) is 42.8 Å². The molecule has 0 bridgehead atoms. The highest BCUT2D eigenvalue weighted by Crippen LogP contribution is 2.46. The molecule has 0 aromatic rings. The average Bonchev–Trinajstić information content (AvgIpc) is 3.01. The number of carbonyl (C=O) groups is 2. The maximum absolute atomic E-state index is 12.4. The summed E-state index contributed by atoms with van der Waals surface area (Å²) >= 11 is 0. The first-order valence-corrected chi connectivity index (χ1v) is 7.79. The van der Waals surface area contributed by atoms with Crippen LogP contribution in [0.25, 0.3) is 0 Å². The number of nitrogens with zero attached hydrogens (tertiary/aromatic N) is 1. The molecule has 1 unspecified atom stereocenters. The standard InChI is InChI=1S/C15H23NO4/c17-12-11-15(6-2-3-7-15)14(18)16(12)8-10-20-13-5-1-4-9-19-13/h13H,1-11H2. The number of ether oxygens (including phenoxy) is 2. The highest BCUT2D eigenvalue weighted by atomic mass is 16.7. The fourth-order valence-corrected chi connectivity index (χ4v) is 3.65. The zero-order valence-electron chi connectivity index (χ0n) is 11.9. The second-order valence-corrected chi connectivity index (χ2v) is 6.18. The highest BCUT2D eigenvalue weighted by molar-refractivity contribution is 6.06. The van der Waals surface area contributed by atoms with Gasteiger partial charge in [-0.2, -0.15) is 0 Å². The van der Waals surface area contributed by atoms with E-state index in [-0.39, 0.29) is 23.5 Å². The van der Waals surface area contributed by atoms with Gasteiger partial charge in [0.2, 0.25) is 11.8 Å². The van der Waals surface area contributed by atoms with Gasteiger partial charge >= 0.3 is 0 Å². The van der Waals surface area contributed by atoms with E-state index in [1.807, 2.05) is 0 Å².